The maximum absolute atomic E-state index is 4.98. The van der Waals surface area contributed by atoms with Crippen molar-refractivity contribution in [2.24, 2.45) is 0 Å². The summed E-state index contributed by atoms with van der Waals surface area (Å²) in [6.45, 7) is 4.22. The highest BCUT2D eigenvalue weighted by Crippen LogP contribution is 2.48. The molecular weight excluding hydrogens is 583 g/mol. The summed E-state index contributed by atoms with van der Waals surface area (Å²) in [4.78, 5) is 9.69. The highest BCUT2D eigenvalue weighted by molar-refractivity contribution is 6.28. The van der Waals surface area contributed by atoms with E-state index in [9.17, 15) is 0 Å². The summed E-state index contributed by atoms with van der Waals surface area (Å²) in [6, 6.07) is 57.1. The molecule has 1 aromatic heterocycles. The summed E-state index contributed by atoms with van der Waals surface area (Å²) in [5.41, 5.74) is 8.01. The zero-order valence-corrected chi connectivity index (χ0v) is 26.9. The minimum Gasteiger partial charge on any atom is -0.310 e. The van der Waals surface area contributed by atoms with E-state index in [1.807, 2.05) is 6.20 Å². The summed E-state index contributed by atoms with van der Waals surface area (Å²) in [7, 11) is 0. The Kier molecular flexibility index (Phi) is 6.58. The van der Waals surface area contributed by atoms with Crippen molar-refractivity contribution >= 4 is 77.3 Å². The number of nitrogens with zero attached hydrogens (tertiary/aromatic N) is 3. The van der Waals surface area contributed by atoms with Crippen LogP contribution in [-0.2, 0) is 0 Å². The Morgan fingerprint density at radius 3 is 1.62 bits per heavy atom. The Bertz CT molecular complexity index is 2570. The van der Waals surface area contributed by atoms with Gasteiger partial charge in [-0.15, -0.1) is 0 Å². The molecule has 0 atom stereocenters. The Labute approximate surface area is 280 Å². The van der Waals surface area contributed by atoms with E-state index in [-0.39, 0.29) is 0 Å². The molecule has 9 rings (SSSR count). The average Bonchev–Trinajstić information content (AvgIpc) is 3.14. The fourth-order valence-corrected chi connectivity index (χ4v) is 7.23. The topological polar surface area (TPSA) is 19.4 Å². The molecule has 0 unspecified atom stereocenters. The molecule has 8 aromatic carbocycles. The van der Waals surface area contributed by atoms with Gasteiger partial charge in [-0.1, -0.05) is 115 Å². The van der Waals surface area contributed by atoms with Crippen LogP contribution in [0.5, 0.6) is 0 Å². The second-order valence-electron chi connectivity index (χ2n) is 12.6. The monoisotopic (exact) mass is 615 g/mol. The fraction of sp³-hybridized carbons (Fsp3) is 0.0444. The number of anilines is 6. The van der Waals surface area contributed by atoms with Crippen molar-refractivity contribution in [3.8, 4) is 0 Å². The standard InChI is InChI=1S/C45H33N3/c1-30-15-22-36(23-16-30)47(35-11-4-3-5-12-35)41-26-20-33-19-25-39-42(27-21-34-18-24-38(41)44(33)45(34)39)48(43-28-17-31(2)29-46-43)40-14-8-10-32-9-6-7-13-37(32)40/h3-29H,1-2H3. The molecule has 3 nitrogen and oxygen atoms in total. The van der Waals surface area contributed by atoms with Crippen molar-refractivity contribution in [2.75, 3.05) is 9.80 Å². The number of hydrogen-bond acceptors (Lipinski definition) is 3. The van der Waals surface area contributed by atoms with Crippen LogP contribution in [0.4, 0.5) is 34.3 Å². The van der Waals surface area contributed by atoms with E-state index in [2.05, 4.69) is 181 Å². The van der Waals surface area contributed by atoms with Crippen LogP contribution in [0.25, 0.3) is 43.1 Å². The fourth-order valence-electron chi connectivity index (χ4n) is 7.23. The molecule has 0 saturated carbocycles. The van der Waals surface area contributed by atoms with Crippen molar-refractivity contribution in [3.05, 3.63) is 175 Å². The van der Waals surface area contributed by atoms with E-state index >= 15 is 0 Å². The van der Waals surface area contributed by atoms with Gasteiger partial charge in [0.1, 0.15) is 5.82 Å². The zero-order valence-electron chi connectivity index (χ0n) is 26.9. The molecule has 0 radical (unpaired) electrons. The van der Waals surface area contributed by atoms with Gasteiger partial charge >= 0.3 is 0 Å². The van der Waals surface area contributed by atoms with Crippen LogP contribution in [0.3, 0.4) is 0 Å². The van der Waals surface area contributed by atoms with E-state index in [4.69, 9.17) is 4.98 Å². The van der Waals surface area contributed by atoms with Gasteiger partial charge in [0.15, 0.2) is 0 Å². The second-order valence-corrected chi connectivity index (χ2v) is 12.6. The predicted octanol–water partition coefficient (Wildman–Crippen LogP) is 12.7. The Morgan fingerprint density at radius 1 is 0.375 bits per heavy atom. The summed E-state index contributed by atoms with van der Waals surface area (Å²) in [6.07, 6.45) is 1.96. The average molecular weight is 616 g/mol. The molecule has 1 heterocycles. The van der Waals surface area contributed by atoms with Crippen LogP contribution < -0.4 is 9.80 Å². The predicted molar refractivity (Wildman–Crippen MR) is 204 cm³/mol. The number of para-hydroxylation sites is 1. The normalized spacial score (nSPS) is 11.5. The Hall–Kier alpha value is -6.19. The molecule has 228 valence electrons. The molecule has 0 spiro atoms. The second kappa shape index (κ2) is 11.3. The van der Waals surface area contributed by atoms with E-state index in [0.717, 1.165) is 39.8 Å². The van der Waals surface area contributed by atoms with Gasteiger partial charge in [-0.2, -0.15) is 0 Å². The lowest BCUT2D eigenvalue weighted by molar-refractivity contribution is 1.17. The number of pyridine rings is 1. The summed E-state index contributed by atoms with van der Waals surface area (Å²) in [5.74, 6) is 0.891. The molecule has 0 bridgehead atoms. The van der Waals surface area contributed by atoms with Gasteiger partial charge in [0.05, 0.1) is 17.1 Å². The Balaban J connectivity index is 1.33. The first-order valence-electron chi connectivity index (χ1n) is 16.5. The van der Waals surface area contributed by atoms with Gasteiger partial charge in [-0.05, 0) is 94.9 Å². The quantitative estimate of drug-likeness (QED) is 0.174. The molecule has 0 saturated heterocycles. The first kappa shape index (κ1) is 28.1. The van der Waals surface area contributed by atoms with Crippen molar-refractivity contribution in [1.82, 2.24) is 4.98 Å². The van der Waals surface area contributed by atoms with E-state index in [1.54, 1.807) is 0 Å². The number of benzene rings is 8. The van der Waals surface area contributed by atoms with Gasteiger partial charge < -0.3 is 4.90 Å². The largest absolute Gasteiger partial charge is 0.310 e. The van der Waals surface area contributed by atoms with Crippen LogP contribution in [0.15, 0.2) is 164 Å². The highest BCUT2D eigenvalue weighted by Gasteiger charge is 2.22. The maximum Gasteiger partial charge on any atom is 0.137 e. The van der Waals surface area contributed by atoms with Gasteiger partial charge in [0.25, 0.3) is 0 Å². The molecule has 3 heteroatoms. The SMILES string of the molecule is Cc1ccc(N(c2ccccc2)c2ccc3ccc4c(N(c5ccc(C)cn5)c5cccc6ccccc56)ccc5ccc2c3c54)cc1. The van der Waals surface area contributed by atoms with Gasteiger partial charge in [0, 0.05) is 33.7 Å². The van der Waals surface area contributed by atoms with E-state index in [0.29, 0.717) is 0 Å². The molecule has 9 aromatic rings. The Morgan fingerprint density at radius 2 is 0.938 bits per heavy atom. The third-order valence-electron chi connectivity index (χ3n) is 9.54. The molecule has 0 N–H and O–H groups in total. The number of hydrogen-bond donors (Lipinski definition) is 0. The van der Waals surface area contributed by atoms with Gasteiger partial charge in [0.2, 0.25) is 0 Å². The zero-order chi connectivity index (χ0) is 32.2. The van der Waals surface area contributed by atoms with Crippen LogP contribution in [0.1, 0.15) is 11.1 Å². The van der Waals surface area contributed by atoms with E-state index in [1.165, 1.54) is 48.7 Å². The molecular formula is C45H33N3. The number of aromatic nitrogens is 1. The lowest BCUT2D eigenvalue weighted by Crippen LogP contribution is -2.13. The lowest BCUT2D eigenvalue weighted by atomic mass is 9.91. The third-order valence-corrected chi connectivity index (χ3v) is 9.54. The molecule has 0 amide bonds. The summed E-state index contributed by atoms with van der Waals surface area (Å²) >= 11 is 0. The van der Waals surface area contributed by atoms with Crippen molar-refractivity contribution in [3.63, 3.8) is 0 Å². The van der Waals surface area contributed by atoms with Crippen molar-refractivity contribution < 1.29 is 0 Å². The highest BCUT2D eigenvalue weighted by atomic mass is 15.2. The smallest absolute Gasteiger partial charge is 0.137 e. The number of aryl methyl sites for hydroxylation is 2. The summed E-state index contributed by atoms with van der Waals surface area (Å²) in [5, 5.41) is 9.78. The molecule has 0 aliphatic carbocycles. The van der Waals surface area contributed by atoms with Gasteiger partial charge in [-0.3, -0.25) is 4.90 Å². The minimum absolute atomic E-state index is 0.891. The van der Waals surface area contributed by atoms with Crippen LogP contribution in [0, 0.1) is 13.8 Å². The van der Waals surface area contributed by atoms with Crippen LogP contribution in [0.2, 0.25) is 0 Å². The maximum atomic E-state index is 4.98. The van der Waals surface area contributed by atoms with Gasteiger partial charge in [-0.25, -0.2) is 4.98 Å². The van der Waals surface area contributed by atoms with Crippen molar-refractivity contribution in [1.29, 1.82) is 0 Å². The molecule has 0 aliphatic rings. The minimum atomic E-state index is 0.891. The number of rotatable bonds is 6. The van der Waals surface area contributed by atoms with Crippen LogP contribution >= 0.6 is 0 Å². The lowest BCUT2D eigenvalue weighted by Gasteiger charge is -2.29. The molecule has 0 aliphatic heterocycles. The summed E-state index contributed by atoms with van der Waals surface area (Å²) < 4.78 is 0. The first-order valence-corrected chi connectivity index (χ1v) is 16.5. The first-order chi connectivity index (χ1) is 23.6. The third kappa shape index (κ3) is 4.55. The molecule has 0 fully saturated rings. The molecule has 48 heavy (non-hydrogen) atoms. The van der Waals surface area contributed by atoms with E-state index < -0.39 is 0 Å². The van der Waals surface area contributed by atoms with Crippen LogP contribution in [-0.4, -0.2) is 4.98 Å². The van der Waals surface area contributed by atoms with Crippen molar-refractivity contribution in [2.45, 2.75) is 13.8 Å². The number of fused-ring (bicyclic) bond motifs is 1.